The molecule has 1 amide bonds. The minimum absolute atomic E-state index is 0.206. The zero-order valence-corrected chi connectivity index (χ0v) is 11.0. The highest BCUT2D eigenvalue weighted by atomic mass is 16.4. The number of nitrogens with zero attached hydrogens (tertiary/aromatic N) is 1. The molecule has 1 aromatic rings. The van der Waals surface area contributed by atoms with E-state index in [1.54, 1.807) is 20.9 Å². The molecule has 2 N–H and O–H groups in total. The molecule has 1 unspecified atom stereocenters. The van der Waals surface area contributed by atoms with Crippen LogP contribution in [-0.4, -0.2) is 40.5 Å². The molecule has 18 heavy (non-hydrogen) atoms. The Bertz CT molecular complexity index is 398. The van der Waals surface area contributed by atoms with E-state index in [4.69, 9.17) is 5.11 Å². The van der Waals surface area contributed by atoms with Crippen LogP contribution in [0.3, 0.4) is 0 Å². The number of carbonyl (C=O) groups is 2. The number of hydrogen-bond donors (Lipinski definition) is 2. The van der Waals surface area contributed by atoms with Gasteiger partial charge in [0.1, 0.15) is 5.92 Å². The van der Waals surface area contributed by atoms with Crippen LogP contribution in [0.1, 0.15) is 19.5 Å². The van der Waals surface area contributed by atoms with Gasteiger partial charge in [-0.25, -0.2) is 0 Å². The molecule has 0 aliphatic heterocycles. The Morgan fingerprint density at radius 2 is 2.11 bits per heavy atom. The van der Waals surface area contributed by atoms with Crippen LogP contribution >= 0.6 is 0 Å². The van der Waals surface area contributed by atoms with E-state index in [2.05, 4.69) is 4.98 Å². The van der Waals surface area contributed by atoms with Gasteiger partial charge in [0.2, 0.25) is 5.91 Å². The molecule has 0 saturated heterocycles. The first-order valence-electron chi connectivity index (χ1n) is 6.03. The normalized spacial score (nSPS) is 12.4. The molecule has 1 atom stereocenters. The number of carboxylic acids is 1. The van der Waals surface area contributed by atoms with Gasteiger partial charge in [-0.1, -0.05) is 13.8 Å². The van der Waals surface area contributed by atoms with E-state index in [1.165, 1.54) is 4.90 Å². The number of hydrogen-bond acceptors (Lipinski definition) is 2. The van der Waals surface area contributed by atoms with Crippen molar-refractivity contribution in [3.63, 3.8) is 0 Å². The zero-order valence-electron chi connectivity index (χ0n) is 11.0. The lowest BCUT2D eigenvalue weighted by Gasteiger charge is -2.23. The van der Waals surface area contributed by atoms with E-state index in [0.29, 0.717) is 13.0 Å². The quantitative estimate of drug-likeness (QED) is 0.751. The SMILES string of the molecule is CC(C)C(C(=O)O)C(=O)N(C)CCc1ccc[nH]1. The smallest absolute Gasteiger partial charge is 0.316 e. The van der Waals surface area contributed by atoms with E-state index in [9.17, 15) is 9.59 Å². The largest absolute Gasteiger partial charge is 0.481 e. The van der Waals surface area contributed by atoms with Crippen molar-refractivity contribution < 1.29 is 14.7 Å². The van der Waals surface area contributed by atoms with Gasteiger partial charge in [-0.05, 0) is 18.1 Å². The molecule has 1 aromatic heterocycles. The van der Waals surface area contributed by atoms with Gasteiger partial charge in [0.25, 0.3) is 0 Å². The van der Waals surface area contributed by atoms with Gasteiger partial charge < -0.3 is 15.0 Å². The summed E-state index contributed by atoms with van der Waals surface area (Å²) in [6.07, 6.45) is 2.52. The summed E-state index contributed by atoms with van der Waals surface area (Å²) < 4.78 is 0. The predicted octanol–water partition coefficient (Wildman–Crippen LogP) is 1.37. The summed E-state index contributed by atoms with van der Waals surface area (Å²) >= 11 is 0. The molecular formula is C13H20N2O3. The number of aromatic amines is 1. The Kier molecular flexibility index (Phi) is 4.95. The van der Waals surface area contributed by atoms with Crippen LogP contribution in [0.5, 0.6) is 0 Å². The molecule has 100 valence electrons. The molecule has 0 aliphatic rings. The van der Waals surface area contributed by atoms with E-state index < -0.39 is 11.9 Å². The van der Waals surface area contributed by atoms with Gasteiger partial charge in [-0.2, -0.15) is 0 Å². The third-order valence-corrected chi connectivity index (χ3v) is 2.95. The maximum absolute atomic E-state index is 12.0. The molecule has 0 radical (unpaired) electrons. The molecule has 0 fully saturated rings. The number of amides is 1. The second-order valence-corrected chi connectivity index (χ2v) is 4.77. The number of carbonyl (C=O) groups excluding carboxylic acids is 1. The van der Waals surface area contributed by atoms with Crippen LogP contribution in [-0.2, 0) is 16.0 Å². The molecule has 0 bridgehead atoms. The van der Waals surface area contributed by atoms with Gasteiger partial charge in [0, 0.05) is 31.9 Å². The number of aliphatic carboxylic acids is 1. The summed E-state index contributed by atoms with van der Waals surface area (Å²) in [5, 5.41) is 9.06. The van der Waals surface area contributed by atoms with Crippen LogP contribution in [0.25, 0.3) is 0 Å². The maximum Gasteiger partial charge on any atom is 0.316 e. The highest BCUT2D eigenvalue weighted by Crippen LogP contribution is 2.14. The van der Waals surface area contributed by atoms with Crippen molar-refractivity contribution in [1.29, 1.82) is 0 Å². The monoisotopic (exact) mass is 252 g/mol. The van der Waals surface area contributed by atoms with Gasteiger partial charge in [-0.15, -0.1) is 0 Å². The standard InChI is InChI=1S/C13H20N2O3/c1-9(2)11(13(17)18)12(16)15(3)8-6-10-5-4-7-14-10/h4-5,7,9,11,14H,6,8H2,1-3H3,(H,17,18). The summed E-state index contributed by atoms with van der Waals surface area (Å²) in [5.41, 5.74) is 1.03. The summed E-state index contributed by atoms with van der Waals surface area (Å²) in [6.45, 7) is 4.00. The molecule has 0 aromatic carbocycles. The Balaban J connectivity index is 2.57. The van der Waals surface area contributed by atoms with Crippen molar-refractivity contribution in [3.8, 4) is 0 Å². The minimum Gasteiger partial charge on any atom is -0.481 e. The molecule has 0 spiro atoms. The first-order chi connectivity index (χ1) is 8.43. The topological polar surface area (TPSA) is 73.4 Å². The van der Waals surface area contributed by atoms with Gasteiger partial charge in [-0.3, -0.25) is 9.59 Å². The van der Waals surface area contributed by atoms with Crippen molar-refractivity contribution in [2.45, 2.75) is 20.3 Å². The second kappa shape index (κ2) is 6.23. The van der Waals surface area contributed by atoms with Crippen molar-refractivity contribution in [3.05, 3.63) is 24.0 Å². The first-order valence-corrected chi connectivity index (χ1v) is 6.03. The van der Waals surface area contributed by atoms with Crippen LogP contribution < -0.4 is 0 Å². The lowest BCUT2D eigenvalue weighted by Crippen LogP contribution is -2.40. The maximum atomic E-state index is 12.0. The lowest BCUT2D eigenvalue weighted by atomic mass is 9.94. The minimum atomic E-state index is -1.05. The molecule has 5 heteroatoms. The third-order valence-electron chi connectivity index (χ3n) is 2.95. The predicted molar refractivity (Wildman–Crippen MR) is 68.1 cm³/mol. The van der Waals surface area contributed by atoms with Crippen LogP contribution in [0.4, 0.5) is 0 Å². The molecular weight excluding hydrogens is 232 g/mol. The Labute approximate surface area is 107 Å². The molecule has 0 saturated carbocycles. The molecule has 1 heterocycles. The highest BCUT2D eigenvalue weighted by Gasteiger charge is 2.31. The summed E-state index contributed by atoms with van der Waals surface area (Å²) in [5.74, 6) is -2.55. The highest BCUT2D eigenvalue weighted by molar-refractivity contribution is 5.97. The number of H-pyrrole nitrogens is 1. The van der Waals surface area contributed by atoms with Gasteiger partial charge in [0.05, 0.1) is 0 Å². The number of likely N-dealkylation sites (N-methyl/N-ethyl adjacent to an activating group) is 1. The zero-order chi connectivity index (χ0) is 13.7. The Hall–Kier alpha value is -1.78. The van der Waals surface area contributed by atoms with Crippen molar-refractivity contribution in [2.24, 2.45) is 11.8 Å². The Morgan fingerprint density at radius 3 is 2.56 bits per heavy atom. The van der Waals surface area contributed by atoms with E-state index in [-0.39, 0.29) is 11.8 Å². The summed E-state index contributed by atoms with van der Waals surface area (Å²) in [4.78, 5) is 27.6. The summed E-state index contributed by atoms with van der Waals surface area (Å²) in [7, 11) is 1.64. The van der Waals surface area contributed by atoms with Gasteiger partial charge >= 0.3 is 5.97 Å². The van der Waals surface area contributed by atoms with E-state index in [0.717, 1.165) is 5.69 Å². The van der Waals surface area contributed by atoms with Gasteiger partial charge in [0.15, 0.2) is 0 Å². The number of nitrogens with one attached hydrogen (secondary N) is 1. The van der Waals surface area contributed by atoms with E-state index in [1.807, 2.05) is 18.3 Å². The van der Waals surface area contributed by atoms with Crippen LogP contribution in [0.2, 0.25) is 0 Å². The fourth-order valence-corrected chi connectivity index (χ4v) is 1.83. The average Bonchev–Trinajstić information content (AvgIpc) is 2.77. The van der Waals surface area contributed by atoms with Crippen LogP contribution in [0, 0.1) is 11.8 Å². The number of carboxylic acid groups (broad SMARTS) is 1. The van der Waals surface area contributed by atoms with Crippen molar-refractivity contribution in [2.75, 3.05) is 13.6 Å². The first kappa shape index (κ1) is 14.3. The van der Waals surface area contributed by atoms with Crippen molar-refractivity contribution in [1.82, 2.24) is 9.88 Å². The molecule has 1 rings (SSSR count). The van der Waals surface area contributed by atoms with Crippen LogP contribution in [0.15, 0.2) is 18.3 Å². The third kappa shape index (κ3) is 3.61. The Morgan fingerprint density at radius 1 is 1.44 bits per heavy atom. The molecule has 0 aliphatic carbocycles. The summed E-state index contributed by atoms with van der Waals surface area (Å²) in [6, 6.07) is 3.83. The van der Waals surface area contributed by atoms with Crippen molar-refractivity contribution >= 4 is 11.9 Å². The number of aromatic nitrogens is 1. The average molecular weight is 252 g/mol. The second-order valence-electron chi connectivity index (χ2n) is 4.77. The molecule has 5 nitrogen and oxygen atoms in total. The van der Waals surface area contributed by atoms with E-state index >= 15 is 0 Å². The number of rotatable bonds is 6. The lowest BCUT2D eigenvalue weighted by molar-refractivity contribution is -0.152. The fraction of sp³-hybridized carbons (Fsp3) is 0.538. The fourth-order valence-electron chi connectivity index (χ4n) is 1.83.